The first-order valence-corrected chi connectivity index (χ1v) is 14.6. The molecule has 12 nitrogen and oxygen atoms in total. The van der Waals surface area contributed by atoms with Crippen LogP contribution < -0.4 is 11.1 Å². The first kappa shape index (κ1) is 28.7. The van der Waals surface area contributed by atoms with Crippen molar-refractivity contribution in [3.63, 3.8) is 0 Å². The van der Waals surface area contributed by atoms with E-state index in [0.29, 0.717) is 38.7 Å². The average Bonchev–Trinajstić information content (AvgIpc) is 3.60. The smallest absolute Gasteiger partial charge is 0.261 e. The van der Waals surface area contributed by atoms with Crippen molar-refractivity contribution < 1.29 is 9.59 Å². The molecule has 6 aromatic rings. The molecule has 0 radical (unpaired) electrons. The summed E-state index contributed by atoms with van der Waals surface area (Å²) in [5.41, 5.74) is 2.24. The number of benzene rings is 2. The third-order valence-electron chi connectivity index (χ3n) is 5.91. The molecule has 6 rings (SSSR count). The van der Waals surface area contributed by atoms with E-state index in [1.807, 2.05) is 36.4 Å². The molecule has 0 atom stereocenters. The van der Waals surface area contributed by atoms with Crippen LogP contribution in [0.1, 0.15) is 32.1 Å². The van der Waals surface area contributed by atoms with Gasteiger partial charge in [0.25, 0.3) is 11.1 Å². The first-order valence-electron chi connectivity index (χ1n) is 12.6. The van der Waals surface area contributed by atoms with Crippen LogP contribution in [0, 0.1) is 13.8 Å². The SMILES string of the molecule is Cc1cc(=O)[nH]c2nnc(SCC(=O)c3ccccc3)n12.Cc1cc(=O)n2c(SCC(=O)c3ccccc3)n[nH]c2n1. The molecule has 0 spiro atoms. The first-order chi connectivity index (χ1) is 20.3. The molecule has 0 amide bonds. The fourth-order valence-electron chi connectivity index (χ4n) is 3.94. The molecule has 0 saturated carbocycles. The molecule has 2 aromatic carbocycles. The van der Waals surface area contributed by atoms with E-state index in [2.05, 4.69) is 30.4 Å². The summed E-state index contributed by atoms with van der Waals surface area (Å²) in [6.45, 7) is 3.54. The Kier molecular flexibility index (Phi) is 8.74. The van der Waals surface area contributed by atoms with E-state index < -0.39 is 0 Å². The number of carbonyl (C=O) groups is 2. The minimum atomic E-state index is -0.218. The summed E-state index contributed by atoms with van der Waals surface area (Å²) in [5, 5.41) is 15.7. The number of aromatic nitrogens is 8. The molecule has 0 fully saturated rings. The zero-order valence-electron chi connectivity index (χ0n) is 22.5. The van der Waals surface area contributed by atoms with Crippen molar-refractivity contribution in [1.82, 2.24) is 39.2 Å². The van der Waals surface area contributed by atoms with E-state index >= 15 is 0 Å². The minimum absolute atomic E-state index is 0.00938. The Morgan fingerprint density at radius 2 is 1.36 bits per heavy atom. The molecular weight excluding hydrogens is 576 g/mol. The molecule has 14 heteroatoms. The van der Waals surface area contributed by atoms with Crippen molar-refractivity contribution >= 4 is 46.6 Å². The van der Waals surface area contributed by atoms with Gasteiger partial charge in [0.1, 0.15) is 0 Å². The predicted molar refractivity (Wildman–Crippen MR) is 160 cm³/mol. The second-order valence-corrected chi connectivity index (χ2v) is 10.9. The van der Waals surface area contributed by atoms with Crippen molar-refractivity contribution in [1.29, 1.82) is 0 Å². The summed E-state index contributed by atoms with van der Waals surface area (Å²) < 4.78 is 3.10. The number of rotatable bonds is 8. The summed E-state index contributed by atoms with van der Waals surface area (Å²) in [4.78, 5) is 54.3. The van der Waals surface area contributed by atoms with E-state index in [1.54, 1.807) is 42.5 Å². The fraction of sp³-hybridized carbons (Fsp3) is 0.143. The van der Waals surface area contributed by atoms with E-state index in [-0.39, 0.29) is 34.2 Å². The van der Waals surface area contributed by atoms with E-state index in [9.17, 15) is 19.2 Å². The highest BCUT2D eigenvalue weighted by Crippen LogP contribution is 2.19. The van der Waals surface area contributed by atoms with Gasteiger partial charge in [0.05, 0.1) is 11.5 Å². The van der Waals surface area contributed by atoms with Crippen LogP contribution in [0.3, 0.4) is 0 Å². The molecule has 0 unspecified atom stereocenters. The number of nitrogens with one attached hydrogen (secondary N) is 2. The number of aromatic amines is 2. The molecule has 212 valence electrons. The molecule has 2 N–H and O–H groups in total. The number of aryl methyl sites for hydroxylation is 2. The Hall–Kier alpha value is -4.82. The molecule has 0 aliphatic heterocycles. The Bertz CT molecular complexity index is 2000. The molecule has 0 aliphatic rings. The van der Waals surface area contributed by atoms with Gasteiger partial charge < -0.3 is 0 Å². The van der Waals surface area contributed by atoms with Gasteiger partial charge in [-0.05, 0) is 13.8 Å². The van der Waals surface area contributed by atoms with Crippen molar-refractivity contribution in [2.45, 2.75) is 24.2 Å². The number of fused-ring (bicyclic) bond motifs is 2. The van der Waals surface area contributed by atoms with Gasteiger partial charge in [-0.25, -0.2) is 14.5 Å². The molecule has 0 aliphatic carbocycles. The molecule has 42 heavy (non-hydrogen) atoms. The lowest BCUT2D eigenvalue weighted by Gasteiger charge is -2.02. The van der Waals surface area contributed by atoms with Crippen LogP contribution in [-0.4, -0.2) is 62.2 Å². The van der Waals surface area contributed by atoms with Gasteiger partial charge >= 0.3 is 0 Å². The number of H-pyrrole nitrogens is 2. The van der Waals surface area contributed by atoms with Crippen LogP contribution in [0.15, 0.2) is 92.7 Å². The number of Topliss-reactive ketones (excluding diaryl/α,β-unsaturated/α-hetero) is 2. The lowest BCUT2D eigenvalue weighted by molar-refractivity contribution is 0.101. The van der Waals surface area contributed by atoms with Crippen molar-refractivity contribution in [3.05, 3.63) is 116 Å². The van der Waals surface area contributed by atoms with Gasteiger partial charge in [-0.15, -0.1) is 15.3 Å². The molecule has 0 saturated heterocycles. The van der Waals surface area contributed by atoms with Crippen LogP contribution in [0.25, 0.3) is 11.6 Å². The monoisotopic (exact) mass is 600 g/mol. The van der Waals surface area contributed by atoms with E-state index in [4.69, 9.17) is 0 Å². The molecule has 0 bridgehead atoms. The molecule has 4 aromatic heterocycles. The number of carbonyl (C=O) groups excluding carboxylic acids is 2. The standard InChI is InChI=1S/2C14H12N4O2S/c1-9-7-12(20)15-13-16-17-14(18(9)13)21-8-11(19)10-5-3-2-4-6-10;1-9-7-12(20)18-13(15-9)16-17-14(18)21-8-11(19)10-5-3-2-4-6-10/h2-7H,8H2,1H3,(H,15,16,20);2-7H,8H2,1H3,(H,15,16). The number of hydrogen-bond donors (Lipinski definition) is 2. The van der Waals surface area contributed by atoms with Gasteiger partial charge in [0.15, 0.2) is 21.9 Å². The Morgan fingerprint density at radius 3 is 1.98 bits per heavy atom. The highest BCUT2D eigenvalue weighted by Gasteiger charge is 2.14. The Morgan fingerprint density at radius 1 is 0.762 bits per heavy atom. The van der Waals surface area contributed by atoms with Crippen molar-refractivity contribution in [2.75, 3.05) is 11.5 Å². The van der Waals surface area contributed by atoms with Gasteiger partial charge in [0, 0.05) is 34.6 Å². The Balaban J connectivity index is 0.000000168. The number of thioether (sulfide) groups is 2. The second-order valence-electron chi connectivity index (χ2n) is 8.97. The minimum Gasteiger partial charge on any atom is -0.293 e. The average molecular weight is 601 g/mol. The number of hydrogen-bond acceptors (Lipinski definition) is 10. The van der Waals surface area contributed by atoms with Gasteiger partial charge in [-0.3, -0.25) is 28.6 Å². The summed E-state index contributed by atoms with van der Waals surface area (Å²) in [7, 11) is 0. The maximum absolute atomic E-state index is 12.1. The lowest BCUT2D eigenvalue weighted by Crippen LogP contribution is -2.14. The zero-order valence-corrected chi connectivity index (χ0v) is 24.1. The highest BCUT2D eigenvalue weighted by atomic mass is 32.2. The van der Waals surface area contributed by atoms with Crippen LogP contribution in [0.2, 0.25) is 0 Å². The van der Waals surface area contributed by atoms with Crippen LogP contribution in [0.5, 0.6) is 0 Å². The maximum Gasteiger partial charge on any atom is 0.261 e. The third kappa shape index (κ3) is 6.56. The fourth-order valence-corrected chi connectivity index (χ4v) is 5.67. The van der Waals surface area contributed by atoms with Gasteiger partial charge in [-0.2, -0.15) is 0 Å². The van der Waals surface area contributed by atoms with E-state index in [1.165, 1.54) is 40.1 Å². The summed E-state index contributed by atoms with van der Waals surface area (Å²) >= 11 is 2.51. The summed E-state index contributed by atoms with van der Waals surface area (Å²) in [6.07, 6.45) is 0. The Labute approximate surface area is 246 Å². The lowest BCUT2D eigenvalue weighted by atomic mass is 10.2. The number of nitrogens with zero attached hydrogens (tertiary/aromatic N) is 6. The van der Waals surface area contributed by atoms with Crippen LogP contribution in [-0.2, 0) is 0 Å². The summed E-state index contributed by atoms with van der Waals surface area (Å²) in [6, 6.07) is 21.0. The molecule has 4 heterocycles. The maximum atomic E-state index is 12.1. The molecular formula is C28H24N8O4S2. The quantitative estimate of drug-likeness (QED) is 0.196. The van der Waals surface area contributed by atoms with Crippen LogP contribution in [0.4, 0.5) is 0 Å². The number of ketones is 2. The van der Waals surface area contributed by atoms with E-state index in [0.717, 1.165) is 5.69 Å². The van der Waals surface area contributed by atoms with Gasteiger partial charge in [-0.1, -0.05) is 84.2 Å². The largest absolute Gasteiger partial charge is 0.293 e. The van der Waals surface area contributed by atoms with Crippen molar-refractivity contribution in [3.8, 4) is 0 Å². The van der Waals surface area contributed by atoms with Crippen LogP contribution >= 0.6 is 23.5 Å². The van der Waals surface area contributed by atoms with Crippen molar-refractivity contribution in [2.24, 2.45) is 0 Å². The topological polar surface area (TPSA) is 160 Å². The predicted octanol–water partition coefficient (Wildman–Crippen LogP) is 3.40. The second kappa shape index (κ2) is 12.8. The van der Waals surface area contributed by atoms with Gasteiger partial charge in [0.2, 0.25) is 11.6 Å². The summed E-state index contributed by atoms with van der Waals surface area (Å²) in [5.74, 6) is 1.27. The normalized spacial score (nSPS) is 10.9. The third-order valence-corrected chi connectivity index (χ3v) is 7.77. The highest BCUT2D eigenvalue weighted by molar-refractivity contribution is 8.00. The zero-order chi connectivity index (χ0) is 29.6.